The average Bonchev–Trinajstić information content (AvgIpc) is 3.14. The number of nitrogens with zero attached hydrogens (tertiary/aromatic N) is 1. The predicted molar refractivity (Wildman–Crippen MR) is 126 cm³/mol. The van der Waals surface area contributed by atoms with E-state index in [4.69, 9.17) is 14.2 Å². The van der Waals surface area contributed by atoms with Gasteiger partial charge in [-0.25, -0.2) is 0 Å². The van der Waals surface area contributed by atoms with Crippen LogP contribution >= 0.6 is 0 Å². The molecule has 3 aromatic rings. The molecule has 2 heterocycles. The summed E-state index contributed by atoms with van der Waals surface area (Å²) in [5.41, 5.74) is 1.56. The van der Waals surface area contributed by atoms with Crippen LogP contribution in [0.4, 0.5) is 5.69 Å². The Hall–Kier alpha value is -4.26. The number of aliphatic hydroxyl groups excluding tert-OH is 1. The number of benzene rings is 3. The number of amides is 1. The number of para-hydroxylation sites is 1. The molecule has 0 saturated carbocycles. The summed E-state index contributed by atoms with van der Waals surface area (Å²) in [4.78, 5) is 27.9. The highest BCUT2D eigenvalue weighted by Gasteiger charge is 2.47. The van der Waals surface area contributed by atoms with Gasteiger partial charge in [0.05, 0.1) is 18.2 Å². The Kier molecular flexibility index (Phi) is 5.67. The molecule has 0 spiro atoms. The van der Waals surface area contributed by atoms with Crippen molar-refractivity contribution < 1.29 is 28.9 Å². The van der Waals surface area contributed by atoms with Crippen LogP contribution in [0, 0.1) is 0 Å². The van der Waals surface area contributed by atoms with Gasteiger partial charge >= 0.3 is 0 Å². The van der Waals surface area contributed by atoms with E-state index >= 15 is 0 Å². The van der Waals surface area contributed by atoms with Crippen LogP contribution in [0.15, 0.2) is 78.4 Å². The van der Waals surface area contributed by atoms with E-state index in [1.807, 2.05) is 25.1 Å². The lowest BCUT2D eigenvalue weighted by atomic mass is 9.94. The molecule has 172 valence electrons. The highest BCUT2D eigenvalue weighted by molar-refractivity contribution is 6.51. The van der Waals surface area contributed by atoms with E-state index in [1.165, 1.54) is 4.90 Å². The highest BCUT2D eigenvalue weighted by Crippen LogP contribution is 2.43. The number of hydrogen-bond acceptors (Lipinski definition) is 6. The van der Waals surface area contributed by atoms with Crippen LogP contribution in [0.2, 0.25) is 0 Å². The standard InChI is InChI=1S/C27H23NO6/c1-2-32-20-10-6-7-17(15-20)24-23(26(30)27(31)28(24)19-8-4-3-5-9-19)25(29)18-11-12-21-22(16-18)34-14-13-33-21/h3-12,15-16,24,29H,2,13-14H2,1H3/b25-23-. The Morgan fingerprint density at radius 1 is 0.971 bits per heavy atom. The first-order chi connectivity index (χ1) is 16.6. The zero-order chi connectivity index (χ0) is 23.7. The molecular formula is C27H23NO6. The van der Waals surface area contributed by atoms with Crippen molar-refractivity contribution in [2.45, 2.75) is 13.0 Å². The van der Waals surface area contributed by atoms with E-state index in [-0.39, 0.29) is 11.3 Å². The Morgan fingerprint density at radius 2 is 1.74 bits per heavy atom. The fraction of sp³-hybridized carbons (Fsp3) is 0.185. The number of rotatable bonds is 5. The minimum absolute atomic E-state index is 0.000760. The van der Waals surface area contributed by atoms with Crippen LogP contribution < -0.4 is 19.1 Å². The van der Waals surface area contributed by atoms with Gasteiger partial charge in [-0.1, -0.05) is 30.3 Å². The second-order valence-electron chi connectivity index (χ2n) is 7.87. The summed E-state index contributed by atoms with van der Waals surface area (Å²) < 4.78 is 16.8. The lowest BCUT2D eigenvalue weighted by Crippen LogP contribution is -2.29. The molecule has 5 rings (SSSR count). The monoisotopic (exact) mass is 457 g/mol. The topological polar surface area (TPSA) is 85.3 Å². The summed E-state index contributed by atoms with van der Waals surface area (Å²) in [6, 6.07) is 20.3. The van der Waals surface area contributed by atoms with Crippen LogP contribution in [0.5, 0.6) is 17.2 Å². The van der Waals surface area contributed by atoms with E-state index in [9.17, 15) is 14.7 Å². The highest BCUT2D eigenvalue weighted by atomic mass is 16.6. The van der Waals surface area contributed by atoms with Crippen molar-refractivity contribution in [3.63, 3.8) is 0 Å². The second kappa shape index (κ2) is 8.94. The average molecular weight is 457 g/mol. The van der Waals surface area contributed by atoms with Crippen LogP contribution in [-0.2, 0) is 9.59 Å². The normalized spacial score (nSPS) is 18.7. The molecular weight excluding hydrogens is 434 g/mol. The number of Topliss-reactive ketones (excluding diaryl/α,β-unsaturated/α-hetero) is 1. The quantitative estimate of drug-likeness (QED) is 0.345. The van der Waals surface area contributed by atoms with Crippen LogP contribution in [-0.4, -0.2) is 36.6 Å². The predicted octanol–water partition coefficient (Wildman–Crippen LogP) is 4.48. The van der Waals surface area contributed by atoms with Crippen molar-refractivity contribution in [3.8, 4) is 17.2 Å². The van der Waals surface area contributed by atoms with Gasteiger partial charge in [0.2, 0.25) is 0 Å². The van der Waals surface area contributed by atoms with Crippen molar-refractivity contribution in [1.82, 2.24) is 0 Å². The Morgan fingerprint density at radius 3 is 2.50 bits per heavy atom. The summed E-state index contributed by atoms with van der Waals surface area (Å²) in [6.45, 7) is 3.18. The van der Waals surface area contributed by atoms with Crippen molar-refractivity contribution in [2.75, 3.05) is 24.7 Å². The molecule has 0 aliphatic carbocycles. The van der Waals surface area contributed by atoms with Crippen molar-refractivity contribution in [3.05, 3.63) is 89.5 Å². The molecule has 3 aromatic carbocycles. The first kappa shape index (κ1) is 21.6. The molecule has 1 atom stereocenters. The SMILES string of the molecule is CCOc1cccc(C2/C(=C(/O)c3ccc4c(c3)OCCO4)C(=O)C(=O)N2c2ccccc2)c1. The molecule has 0 aromatic heterocycles. The summed E-state index contributed by atoms with van der Waals surface area (Å²) >= 11 is 0. The maximum Gasteiger partial charge on any atom is 0.300 e. The third-order valence-electron chi connectivity index (χ3n) is 5.78. The van der Waals surface area contributed by atoms with Gasteiger partial charge < -0.3 is 19.3 Å². The third-order valence-corrected chi connectivity index (χ3v) is 5.78. The smallest absolute Gasteiger partial charge is 0.300 e. The maximum absolute atomic E-state index is 13.3. The number of anilines is 1. The number of ether oxygens (including phenoxy) is 3. The van der Waals surface area contributed by atoms with E-state index in [0.29, 0.717) is 53.9 Å². The number of hydrogen-bond donors (Lipinski definition) is 1. The van der Waals surface area contributed by atoms with Gasteiger partial charge in [0.25, 0.3) is 11.7 Å². The lowest BCUT2D eigenvalue weighted by Gasteiger charge is -2.26. The number of ketones is 1. The number of carbonyl (C=O) groups is 2. The maximum atomic E-state index is 13.3. The fourth-order valence-corrected chi connectivity index (χ4v) is 4.29. The van der Waals surface area contributed by atoms with Gasteiger partial charge in [0, 0.05) is 11.3 Å². The zero-order valence-corrected chi connectivity index (χ0v) is 18.6. The third kappa shape index (κ3) is 3.75. The van der Waals surface area contributed by atoms with Gasteiger partial charge in [0.15, 0.2) is 11.5 Å². The lowest BCUT2D eigenvalue weighted by molar-refractivity contribution is -0.132. The minimum atomic E-state index is -0.837. The molecule has 7 nitrogen and oxygen atoms in total. The molecule has 1 saturated heterocycles. The Bertz CT molecular complexity index is 1280. The number of aliphatic hydroxyl groups is 1. The van der Waals surface area contributed by atoms with Gasteiger partial charge in [-0.3, -0.25) is 14.5 Å². The van der Waals surface area contributed by atoms with Gasteiger partial charge in [-0.2, -0.15) is 0 Å². The van der Waals surface area contributed by atoms with Crippen LogP contribution in [0.1, 0.15) is 24.1 Å². The summed E-state index contributed by atoms with van der Waals surface area (Å²) in [5.74, 6) is -0.102. The van der Waals surface area contributed by atoms with E-state index in [0.717, 1.165) is 0 Å². The molecule has 1 fully saturated rings. The summed E-state index contributed by atoms with van der Waals surface area (Å²) in [7, 11) is 0. The van der Waals surface area contributed by atoms with Gasteiger partial charge in [-0.05, 0) is 55.0 Å². The summed E-state index contributed by atoms with van der Waals surface area (Å²) in [5, 5.41) is 11.3. The number of carbonyl (C=O) groups excluding carboxylic acids is 2. The largest absolute Gasteiger partial charge is 0.507 e. The fourth-order valence-electron chi connectivity index (χ4n) is 4.29. The van der Waals surface area contributed by atoms with Gasteiger partial charge in [-0.15, -0.1) is 0 Å². The molecule has 2 aliphatic heterocycles. The Labute approximate surface area is 196 Å². The van der Waals surface area contributed by atoms with Gasteiger partial charge in [0.1, 0.15) is 24.7 Å². The van der Waals surface area contributed by atoms with Crippen molar-refractivity contribution in [1.29, 1.82) is 0 Å². The second-order valence-corrected chi connectivity index (χ2v) is 7.87. The van der Waals surface area contributed by atoms with E-state index in [2.05, 4.69) is 0 Å². The molecule has 7 heteroatoms. The molecule has 0 radical (unpaired) electrons. The molecule has 1 unspecified atom stereocenters. The molecule has 1 amide bonds. The van der Waals surface area contributed by atoms with E-state index < -0.39 is 17.7 Å². The molecule has 0 bridgehead atoms. The first-order valence-electron chi connectivity index (χ1n) is 11.1. The molecule has 34 heavy (non-hydrogen) atoms. The van der Waals surface area contributed by atoms with Crippen molar-refractivity contribution >= 4 is 23.1 Å². The van der Waals surface area contributed by atoms with E-state index in [1.54, 1.807) is 54.6 Å². The Balaban J connectivity index is 1.69. The minimum Gasteiger partial charge on any atom is -0.507 e. The zero-order valence-electron chi connectivity index (χ0n) is 18.6. The summed E-state index contributed by atoms with van der Waals surface area (Å²) in [6.07, 6.45) is 0. The van der Waals surface area contributed by atoms with Crippen LogP contribution in [0.25, 0.3) is 5.76 Å². The van der Waals surface area contributed by atoms with Crippen molar-refractivity contribution in [2.24, 2.45) is 0 Å². The molecule has 1 N–H and O–H groups in total. The van der Waals surface area contributed by atoms with Crippen LogP contribution in [0.3, 0.4) is 0 Å². The first-order valence-corrected chi connectivity index (χ1v) is 11.1. The molecule has 2 aliphatic rings. The number of fused-ring (bicyclic) bond motifs is 1.